The van der Waals surface area contributed by atoms with Gasteiger partial charge in [0.05, 0.1) is 22.9 Å². The molecule has 0 bridgehead atoms. The van der Waals surface area contributed by atoms with Gasteiger partial charge in [0.1, 0.15) is 0 Å². The van der Waals surface area contributed by atoms with E-state index in [0.29, 0.717) is 28.8 Å². The molecule has 0 spiro atoms. The Labute approximate surface area is 154 Å². The first kappa shape index (κ1) is 18.1. The summed E-state index contributed by atoms with van der Waals surface area (Å²) in [6.07, 6.45) is 0.889. The Balaban J connectivity index is 1.67. The summed E-state index contributed by atoms with van der Waals surface area (Å²) in [6, 6.07) is 11.0. The summed E-state index contributed by atoms with van der Waals surface area (Å²) in [6.45, 7) is 1.74. The molecular weight excluding hydrogens is 348 g/mol. The van der Waals surface area contributed by atoms with Gasteiger partial charge in [0.2, 0.25) is 5.91 Å². The molecule has 3 rings (SSSR count). The zero-order chi connectivity index (χ0) is 19.4. The van der Waals surface area contributed by atoms with Crippen molar-refractivity contribution in [2.24, 2.45) is 5.73 Å². The van der Waals surface area contributed by atoms with E-state index < -0.39 is 23.9 Å². The summed E-state index contributed by atoms with van der Waals surface area (Å²) >= 11 is 0. The van der Waals surface area contributed by atoms with Crippen molar-refractivity contribution in [1.82, 2.24) is 9.97 Å². The number of carbonyl (C=O) groups is 3. The lowest BCUT2D eigenvalue weighted by atomic mass is 10.2. The van der Waals surface area contributed by atoms with Crippen LogP contribution in [0.2, 0.25) is 0 Å². The Bertz CT molecular complexity index is 994. The van der Waals surface area contributed by atoms with Crippen molar-refractivity contribution in [2.75, 3.05) is 5.32 Å². The number of rotatable bonds is 6. The van der Waals surface area contributed by atoms with E-state index >= 15 is 0 Å². The SMILES string of the molecule is CCC(OC(=O)c1ccc2nc[nH]c2c1)C(=O)Nc1ccc(C(N)=O)cc1. The zero-order valence-electron chi connectivity index (χ0n) is 14.6. The van der Waals surface area contributed by atoms with Gasteiger partial charge in [0.15, 0.2) is 6.10 Å². The third kappa shape index (κ3) is 4.12. The number of hydrogen-bond acceptors (Lipinski definition) is 5. The van der Waals surface area contributed by atoms with E-state index in [4.69, 9.17) is 10.5 Å². The molecule has 0 aliphatic carbocycles. The largest absolute Gasteiger partial charge is 0.449 e. The number of aromatic amines is 1. The highest BCUT2D eigenvalue weighted by molar-refractivity contribution is 5.99. The first-order valence-corrected chi connectivity index (χ1v) is 8.32. The molecule has 8 heteroatoms. The van der Waals surface area contributed by atoms with E-state index in [9.17, 15) is 14.4 Å². The fourth-order valence-electron chi connectivity index (χ4n) is 2.52. The highest BCUT2D eigenvalue weighted by atomic mass is 16.5. The first-order chi connectivity index (χ1) is 13.0. The molecule has 2 aromatic carbocycles. The van der Waals surface area contributed by atoms with Crippen LogP contribution in [0.15, 0.2) is 48.8 Å². The zero-order valence-corrected chi connectivity index (χ0v) is 14.6. The van der Waals surface area contributed by atoms with Crippen LogP contribution in [-0.4, -0.2) is 33.9 Å². The third-order valence-corrected chi connectivity index (χ3v) is 4.01. The first-order valence-electron chi connectivity index (χ1n) is 8.32. The lowest BCUT2D eigenvalue weighted by molar-refractivity contribution is -0.124. The molecule has 1 unspecified atom stereocenters. The van der Waals surface area contributed by atoms with Crippen molar-refractivity contribution in [3.8, 4) is 0 Å². The molecule has 8 nitrogen and oxygen atoms in total. The fourth-order valence-corrected chi connectivity index (χ4v) is 2.52. The number of anilines is 1. The molecule has 0 saturated heterocycles. The second-order valence-electron chi connectivity index (χ2n) is 5.87. The third-order valence-electron chi connectivity index (χ3n) is 4.01. The number of nitrogens with one attached hydrogen (secondary N) is 2. The molecule has 0 radical (unpaired) electrons. The average Bonchev–Trinajstić information content (AvgIpc) is 3.14. The van der Waals surface area contributed by atoms with Gasteiger partial charge in [-0.3, -0.25) is 9.59 Å². The molecule has 1 atom stereocenters. The Hall–Kier alpha value is -3.68. The van der Waals surface area contributed by atoms with Crippen LogP contribution >= 0.6 is 0 Å². The minimum atomic E-state index is -0.953. The molecule has 1 aromatic heterocycles. The maximum Gasteiger partial charge on any atom is 0.338 e. The number of nitrogens with zero attached hydrogens (tertiary/aromatic N) is 1. The molecule has 1 heterocycles. The maximum absolute atomic E-state index is 12.4. The van der Waals surface area contributed by atoms with Crippen molar-refractivity contribution < 1.29 is 19.1 Å². The maximum atomic E-state index is 12.4. The van der Waals surface area contributed by atoms with Gasteiger partial charge in [-0.15, -0.1) is 0 Å². The lowest BCUT2D eigenvalue weighted by Crippen LogP contribution is -2.32. The Morgan fingerprint density at radius 1 is 1.15 bits per heavy atom. The highest BCUT2D eigenvalue weighted by Crippen LogP contribution is 2.15. The van der Waals surface area contributed by atoms with Gasteiger partial charge < -0.3 is 20.8 Å². The van der Waals surface area contributed by atoms with Crippen molar-refractivity contribution in [2.45, 2.75) is 19.4 Å². The van der Waals surface area contributed by atoms with E-state index in [2.05, 4.69) is 15.3 Å². The molecular formula is C19H18N4O4. The van der Waals surface area contributed by atoms with E-state index in [0.717, 1.165) is 5.52 Å². The quantitative estimate of drug-likeness (QED) is 0.577. The number of aromatic nitrogens is 2. The van der Waals surface area contributed by atoms with E-state index in [1.54, 1.807) is 37.3 Å². The molecule has 0 saturated carbocycles. The van der Waals surface area contributed by atoms with Crippen molar-refractivity contribution in [1.29, 1.82) is 0 Å². The minimum absolute atomic E-state index is 0.309. The summed E-state index contributed by atoms with van der Waals surface area (Å²) in [5, 5.41) is 2.66. The molecule has 27 heavy (non-hydrogen) atoms. The number of benzene rings is 2. The van der Waals surface area contributed by atoms with E-state index in [1.165, 1.54) is 18.5 Å². The number of H-pyrrole nitrogens is 1. The van der Waals surface area contributed by atoms with Crippen LogP contribution in [0, 0.1) is 0 Å². The summed E-state index contributed by atoms with van der Waals surface area (Å²) in [4.78, 5) is 42.9. The Morgan fingerprint density at radius 3 is 2.52 bits per heavy atom. The predicted molar refractivity (Wildman–Crippen MR) is 99.2 cm³/mol. The van der Waals surface area contributed by atoms with Gasteiger partial charge in [0, 0.05) is 11.3 Å². The monoisotopic (exact) mass is 366 g/mol. The van der Waals surface area contributed by atoms with Crippen LogP contribution in [0.4, 0.5) is 5.69 Å². The number of primary amides is 1. The number of hydrogen-bond donors (Lipinski definition) is 3. The van der Waals surface area contributed by atoms with Crippen LogP contribution in [0.5, 0.6) is 0 Å². The summed E-state index contributed by atoms with van der Waals surface area (Å²) in [5.74, 6) is -1.61. The number of amides is 2. The Kier molecular flexibility index (Phi) is 5.16. The lowest BCUT2D eigenvalue weighted by Gasteiger charge is -2.16. The minimum Gasteiger partial charge on any atom is -0.449 e. The van der Waals surface area contributed by atoms with Gasteiger partial charge in [-0.05, 0) is 48.9 Å². The van der Waals surface area contributed by atoms with Crippen molar-refractivity contribution >= 4 is 34.5 Å². The van der Waals surface area contributed by atoms with Gasteiger partial charge >= 0.3 is 5.97 Å². The molecule has 3 aromatic rings. The number of imidazole rings is 1. The average molecular weight is 366 g/mol. The van der Waals surface area contributed by atoms with Crippen LogP contribution in [0.3, 0.4) is 0 Å². The number of ether oxygens (including phenoxy) is 1. The predicted octanol–water partition coefficient (Wildman–Crippen LogP) is 2.24. The number of esters is 1. The summed E-state index contributed by atoms with van der Waals surface area (Å²) < 4.78 is 5.35. The normalized spacial score (nSPS) is 11.7. The van der Waals surface area contributed by atoms with Crippen LogP contribution in [0.25, 0.3) is 11.0 Å². The Morgan fingerprint density at radius 2 is 1.85 bits per heavy atom. The molecule has 0 fully saturated rings. The fraction of sp³-hybridized carbons (Fsp3) is 0.158. The topological polar surface area (TPSA) is 127 Å². The second-order valence-corrected chi connectivity index (χ2v) is 5.87. The molecule has 4 N–H and O–H groups in total. The van der Waals surface area contributed by atoms with Gasteiger partial charge in [-0.25, -0.2) is 9.78 Å². The van der Waals surface area contributed by atoms with Gasteiger partial charge in [-0.2, -0.15) is 0 Å². The van der Waals surface area contributed by atoms with Crippen LogP contribution in [-0.2, 0) is 9.53 Å². The molecule has 2 amide bonds. The van der Waals surface area contributed by atoms with Gasteiger partial charge in [-0.1, -0.05) is 6.92 Å². The van der Waals surface area contributed by atoms with Crippen LogP contribution < -0.4 is 11.1 Å². The van der Waals surface area contributed by atoms with Crippen molar-refractivity contribution in [3.05, 3.63) is 59.9 Å². The van der Waals surface area contributed by atoms with E-state index in [1.807, 2.05) is 0 Å². The summed E-state index contributed by atoms with van der Waals surface area (Å²) in [5.41, 5.74) is 7.75. The standard InChI is InChI=1S/C19H18N4O4/c1-2-16(18(25)23-13-6-3-11(4-7-13)17(20)24)27-19(26)12-5-8-14-15(9-12)22-10-21-14/h3-10,16H,2H2,1H3,(H2,20,24)(H,21,22)(H,23,25). The highest BCUT2D eigenvalue weighted by Gasteiger charge is 2.22. The van der Waals surface area contributed by atoms with Crippen molar-refractivity contribution in [3.63, 3.8) is 0 Å². The van der Waals surface area contributed by atoms with E-state index in [-0.39, 0.29) is 0 Å². The van der Waals surface area contributed by atoms with Gasteiger partial charge in [0.25, 0.3) is 5.91 Å². The molecule has 0 aliphatic rings. The number of fused-ring (bicyclic) bond motifs is 1. The number of nitrogens with two attached hydrogens (primary N) is 1. The van der Waals surface area contributed by atoms with Crippen LogP contribution in [0.1, 0.15) is 34.1 Å². The number of carbonyl (C=O) groups excluding carboxylic acids is 3. The summed E-state index contributed by atoms with van der Waals surface area (Å²) in [7, 11) is 0. The molecule has 0 aliphatic heterocycles. The molecule has 138 valence electrons. The second kappa shape index (κ2) is 7.69. The smallest absolute Gasteiger partial charge is 0.338 e.